The van der Waals surface area contributed by atoms with Gasteiger partial charge in [0.25, 0.3) is 5.91 Å². The fourth-order valence-electron chi connectivity index (χ4n) is 2.30. The molecule has 1 aliphatic rings. The summed E-state index contributed by atoms with van der Waals surface area (Å²) >= 11 is 0. The zero-order chi connectivity index (χ0) is 12.3. The number of rotatable bonds is 5. The van der Waals surface area contributed by atoms with Crippen molar-refractivity contribution < 1.29 is 9.21 Å². The molecule has 2 rings (SSSR count). The maximum absolute atomic E-state index is 11.8. The molecule has 1 heterocycles. The molecule has 4 nitrogen and oxygen atoms in total. The highest BCUT2D eigenvalue weighted by Gasteiger charge is 2.35. The van der Waals surface area contributed by atoms with E-state index in [4.69, 9.17) is 10.2 Å². The van der Waals surface area contributed by atoms with Gasteiger partial charge in [-0.1, -0.05) is 13.3 Å². The fourth-order valence-corrected chi connectivity index (χ4v) is 2.30. The molecule has 0 radical (unpaired) electrons. The Kier molecular flexibility index (Phi) is 3.52. The van der Waals surface area contributed by atoms with Crippen LogP contribution in [-0.4, -0.2) is 12.5 Å². The van der Waals surface area contributed by atoms with Crippen LogP contribution in [0.25, 0.3) is 0 Å². The van der Waals surface area contributed by atoms with E-state index in [2.05, 4.69) is 12.2 Å². The Bertz CT molecular complexity index is 388. The molecule has 1 aliphatic carbocycles. The van der Waals surface area contributed by atoms with E-state index in [0.29, 0.717) is 23.5 Å². The van der Waals surface area contributed by atoms with Crippen molar-refractivity contribution in [2.75, 3.05) is 6.54 Å². The Morgan fingerprint density at radius 3 is 2.76 bits per heavy atom. The summed E-state index contributed by atoms with van der Waals surface area (Å²) in [5.41, 5.74) is 5.77. The van der Waals surface area contributed by atoms with Crippen molar-refractivity contribution in [3.63, 3.8) is 0 Å². The van der Waals surface area contributed by atoms with Crippen molar-refractivity contribution in [1.82, 2.24) is 5.32 Å². The highest BCUT2D eigenvalue weighted by atomic mass is 16.4. The second-order valence-electron chi connectivity index (χ2n) is 4.86. The summed E-state index contributed by atoms with van der Waals surface area (Å²) in [5.74, 6) is 0.865. The first-order chi connectivity index (χ1) is 8.19. The van der Waals surface area contributed by atoms with Crippen molar-refractivity contribution in [3.05, 3.63) is 23.7 Å². The lowest BCUT2D eigenvalue weighted by molar-refractivity contribution is 0.0823. The number of furan rings is 1. The minimum absolute atomic E-state index is 0.135. The molecule has 17 heavy (non-hydrogen) atoms. The minimum atomic E-state index is -0.135. The maximum atomic E-state index is 11.8. The molecule has 3 N–H and O–H groups in total. The van der Waals surface area contributed by atoms with Crippen LogP contribution in [0.4, 0.5) is 0 Å². The molecular formula is C13H20N2O2. The molecule has 0 saturated heterocycles. The Hall–Kier alpha value is -1.29. The molecule has 0 atom stereocenters. The third-order valence-corrected chi connectivity index (χ3v) is 3.87. The summed E-state index contributed by atoms with van der Waals surface area (Å²) in [4.78, 5) is 11.8. The predicted octanol–water partition coefficient (Wildman–Crippen LogP) is 2.05. The van der Waals surface area contributed by atoms with Gasteiger partial charge in [-0.15, -0.1) is 0 Å². The van der Waals surface area contributed by atoms with E-state index in [1.54, 1.807) is 12.1 Å². The maximum Gasteiger partial charge on any atom is 0.287 e. The first-order valence-corrected chi connectivity index (χ1v) is 6.26. The SMILES string of the molecule is CCC1(CNC(=O)c2ccc(CN)o2)CCC1. The number of carbonyl (C=O) groups is 1. The van der Waals surface area contributed by atoms with Gasteiger partial charge in [0.05, 0.1) is 6.54 Å². The molecule has 0 aromatic carbocycles. The number of amides is 1. The van der Waals surface area contributed by atoms with Gasteiger partial charge in [0.2, 0.25) is 0 Å². The van der Waals surface area contributed by atoms with Crippen LogP contribution < -0.4 is 11.1 Å². The number of nitrogens with one attached hydrogen (secondary N) is 1. The quantitative estimate of drug-likeness (QED) is 0.822. The average Bonchev–Trinajstić information content (AvgIpc) is 2.76. The smallest absolute Gasteiger partial charge is 0.287 e. The van der Waals surface area contributed by atoms with Gasteiger partial charge in [-0.3, -0.25) is 4.79 Å². The van der Waals surface area contributed by atoms with E-state index < -0.39 is 0 Å². The first-order valence-electron chi connectivity index (χ1n) is 6.26. The molecule has 94 valence electrons. The minimum Gasteiger partial charge on any atom is -0.455 e. The van der Waals surface area contributed by atoms with Crippen LogP contribution >= 0.6 is 0 Å². The average molecular weight is 236 g/mol. The summed E-state index contributed by atoms with van der Waals surface area (Å²) < 4.78 is 5.31. The van der Waals surface area contributed by atoms with Crippen LogP contribution in [-0.2, 0) is 6.54 Å². The third-order valence-electron chi connectivity index (χ3n) is 3.87. The van der Waals surface area contributed by atoms with Crippen LogP contribution in [0.1, 0.15) is 48.9 Å². The van der Waals surface area contributed by atoms with E-state index in [1.165, 1.54) is 19.3 Å². The molecule has 4 heteroatoms. The molecule has 1 fully saturated rings. The van der Waals surface area contributed by atoms with E-state index in [9.17, 15) is 4.79 Å². The summed E-state index contributed by atoms with van der Waals surface area (Å²) in [6, 6.07) is 3.42. The zero-order valence-electron chi connectivity index (χ0n) is 10.3. The fraction of sp³-hybridized carbons (Fsp3) is 0.615. The van der Waals surface area contributed by atoms with Gasteiger partial charge in [0.15, 0.2) is 5.76 Å². The van der Waals surface area contributed by atoms with Gasteiger partial charge in [0, 0.05) is 6.54 Å². The second-order valence-corrected chi connectivity index (χ2v) is 4.86. The molecule has 0 spiro atoms. The third kappa shape index (κ3) is 2.52. The summed E-state index contributed by atoms with van der Waals surface area (Å²) in [6.45, 7) is 3.26. The van der Waals surface area contributed by atoms with Gasteiger partial charge < -0.3 is 15.5 Å². The predicted molar refractivity (Wildman–Crippen MR) is 65.5 cm³/mol. The Morgan fingerprint density at radius 1 is 1.53 bits per heavy atom. The first kappa shape index (κ1) is 12.2. The lowest BCUT2D eigenvalue weighted by Crippen LogP contribution is -2.41. The highest BCUT2D eigenvalue weighted by Crippen LogP contribution is 2.43. The number of hydrogen-bond acceptors (Lipinski definition) is 3. The number of hydrogen-bond donors (Lipinski definition) is 2. The molecule has 1 saturated carbocycles. The van der Waals surface area contributed by atoms with E-state index in [0.717, 1.165) is 13.0 Å². The lowest BCUT2D eigenvalue weighted by atomic mass is 9.67. The van der Waals surface area contributed by atoms with Crippen LogP contribution in [0.5, 0.6) is 0 Å². The zero-order valence-corrected chi connectivity index (χ0v) is 10.3. The van der Waals surface area contributed by atoms with Crippen molar-refractivity contribution >= 4 is 5.91 Å². The normalized spacial score (nSPS) is 17.5. The molecule has 0 aliphatic heterocycles. The highest BCUT2D eigenvalue weighted by molar-refractivity contribution is 5.91. The van der Waals surface area contributed by atoms with Gasteiger partial charge in [-0.2, -0.15) is 0 Å². The van der Waals surface area contributed by atoms with Gasteiger partial charge in [-0.05, 0) is 36.8 Å². The molecule has 0 unspecified atom stereocenters. The molecule has 1 amide bonds. The van der Waals surface area contributed by atoms with Crippen LogP contribution in [0.15, 0.2) is 16.5 Å². The Labute approximate surface area is 102 Å². The van der Waals surface area contributed by atoms with Crippen LogP contribution in [0, 0.1) is 5.41 Å². The van der Waals surface area contributed by atoms with Crippen molar-refractivity contribution in [1.29, 1.82) is 0 Å². The molecule has 0 bridgehead atoms. The summed E-state index contributed by atoms with van der Waals surface area (Å²) in [6.07, 6.45) is 4.84. The van der Waals surface area contributed by atoms with Crippen molar-refractivity contribution in [2.45, 2.75) is 39.2 Å². The number of carbonyl (C=O) groups excluding carboxylic acids is 1. The molecular weight excluding hydrogens is 216 g/mol. The van der Waals surface area contributed by atoms with Gasteiger partial charge >= 0.3 is 0 Å². The van der Waals surface area contributed by atoms with E-state index in [-0.39, 0.29) is 5.91 Å². The summed E-state index contributed by atoms with van der Waals surface area (Å²) in [7, 11) is 0. The van der Waals surface area contributed by atoms with Crippen molar-refractivity contribution in [3.8, 4) is 0 Å². The lowest BCUT2D eigenvalue weighted by Gasteiger charge is -2.41. The van der Waals surface area contributed by atoms with Crippen LogP contribution in [0.2, 0.25) is 0 Å². The van der Waals surface area contributed by atoms with E-state index in [1.807, 2.05) is 0 Å². The van der Waals surface area contributed by atoms with E-state index >= 15 is 0 Å². The monoisotopic (exact) mass is 236 g/mol. The number of nitrogens with two attached hydrogens (primary N) is 1. The summed E-state index contributed by atoms with van der Waals surface area (Å²) in [5, 5.41) is 2.96. The largest absolute Gasteiger partial charge is 0.455 e. The van der Waals surface area contributed by atoms with Crippen molar-refractivity contribution in [2.24, 2.45) is 11.1 Å². The molecule has 1 aromatic rings. The molecule has 1 aromatic heterocycles. The van der Waals surface area contributed by atoms with Gasteiger partial charge in [0.1, 0.15) is 5.76 Å². The standard InChI is InChI=1S/C13H20N2O2/c1-2-13(6-3-7-13)9-15-12(16)11-5-4-10(8-14)17-11/h4-5H,2-3,6-9,14H2,1H3,(H,15,16). The Balaban J connectivity index is 1.88. The van der Waals surface area contributed by atoms with Gasteiger partial charge in [-0.25, -0.2) is 0 Å². The topological polar surface area (TPSA) is 68.3 Å². The second kappa shape index (κ2) is 4.92. The Morgan fingerprint density at radius 2 is 2.29 bits per heavy atom. The van der Waals surface area contributed by atoms with Crippen LogP contribution in [0.3, 0.4) is 0 Å².